The monoisotopic (exact) mass is 492 g/mol. The molecule has 0 amide bonds. The second kappa shape index (κ2) is 9.03. The Balaban J connectivity index is 1.36. The van der Waals surface area contributed by atoms with Gasteiger partial charge in [-0.15, -0.1) is 0 Å². The fourth-order valence-corrected chi connectivity index (χ4v) is 5.07. The van der Waals surface area contributed by atoms with Crippen LogP contribution in [-0.2, 0) is 32.5 Å². The summed E-state index contributed by atoms with van der Waals surface area (Å²) in [5, 5.41) is 0.424. The summed E-state index contributed by atoms with van der Waals surface area (Å²) >= 11 is 5.89. The van der Waals surface area contributed by atoms with Crippen molar-refractivity contribution in [1.82, 2.24) is 4.57 Å². The summed E-state index contributed by atoms with van der Waals surface area (Å²) in [6.45, 7) is 1.50. The summed E-state index contributed by atoms with van der Waals surface area (Å²) in [7, 11) is -3.37. The molecule has 0 saturated carbocycles. The van der Waals surface area contributed by atoms with Gasteiger partial charge in [-0.2, -0.15) is 0 Å². The van der Waals surface area contributed by atoms with Crippen molar-refractivity contribution in [3.8, 4) is 0 Å². The molecule has 0 unspecified atom stereocenters. The highest BCUT2D eigenvalue weighted by atomic mass is 35.5. The van der Waals surface area contributed by atoms with Gasteiger partial charge in [-0.05, 0) is 49.2 Å². The van der Waals surface area contributed by atoms with Crippen LogP contribution >= 0.6 is 11.6 Å². The van der Waals surface area contributed by atoms with Gasteiger partial charge in [0.15, 0.2) is 18.0 Å². The van der Waals surface area contributed by atoms with Crippen molar-refractivity contribution in [3.63, 3.8) is 0 Å². The second-order valence-corrected chi connectivity index (χ2v) is 10.2. The number of ketones is 1. The smallest absolute Gasteiger partial charge is 0.419 e. The van der Waals surface area contributed by atoms with Gasteiger partial charge in [0.05, 0.1) is 23.4 Å². The average molecular weight is 493 g/mol. The molecule has 1 aliphatic heterocycles. The van der Waals surface area contributed by atoms with Crippen molar-refractivity contribution in [3.05, 3.63) is 63.1 Å². The van der Waals surface area contributed by atoms with E-state index in [0.717, 1.165) is 5.56 Å². The molecular weight excluding hydrogens is 472 g/mol. The summed E-state index contributed by atoms with van der Waals surface area (Å²) in [5.41, 5.74) is 2.50. The van der Waals surface area contributed by atoms with Crippen molar-refractivity contribution in [2.45, 2.75) is 26.3 Å². The van der Waals surface area contributed by atoms with Crippen LogP contribution in [0.5, 0.6) is 0 Å². The molecule has 0 saturated heterocycles. The zero-order valence-corrected chi connectivity index (χ0v) is 19.3. The van der Waals surface area contributed by atoms with Crippen LogP contribution in [0.2, 0.25) is 5.02 Å². The third kappa shape index (κ3) is 4.67. The fraction of sp³-hybridized carbons (Fsp3) is 0.318. The zero-order valence-electron chi connectivity index (χ0n) is 17.7. The number of hydrogen-bond acceptors (Lipinski definition) is 7. The molecular formula is C22H21ClN2O7S. The summed E-state index contributed by atoms with van der Waals surface area (Å²) in [4.78, 5) is 36.6. The number of hydrogen-bond donors (Lipinski definition) is 0. The van der Waals surface area contributed by atoms with Crippen molar-refractivity contribution >= 4 is 50.2 Å². The lowest BCUT2D eigenvalue weighted by molar-refractivity contribution is -0.142. The maximum atomic E-state index is 12.5. The van der Waals surface area contributed by atoms with Gasteiger partial charge < -0.3 is 9.15 Å². The first-order valence-electron chi connectivity index (χ1n) is 10.3. The van der Waals surface area contributed by atoms with Gasteiger partial charge in [-0.25, -0.2) is 13.2 Å². The number of carbonyl (C=O) groups is 2. The Bertz CT molecular complexity index is 1410. The van der Waals surface area contributed by atoms with E-state index in [9.17, 15) is 22.8 Å². The highest BCUT2D eigenvalue weighted by Crippen LogP contribution is 2.31. The quantitative estimate of drug-likeness (QED) is 0.350. The Morgan fingerprint density at radius 2 is 1.97 bits per heavy atom. The van der Waals surface area contributed by atoms with Crippen LogP contribution in [0, 0.1) is 0 Å². The number of anilines is 1. The van der Waals surface area contributed by atoms with E-state index in [1.165, 1.54) is 21.0 Å². The Kier molecular flexibility index (Phi) is 6.31. The van der Waals surface area contributed by atoms with E-state index in [2.05, 4.69) is 0 Å². The van der Waals surface area contributed by atoms with Gasteiger partial charge in [0, 0.05) is 29.7 Å². The zero-order chi connectivity index (χ0) is 23.8. The lowest BCUT2D eigenvalue weighted by Crippen LogP contribution is -2.30. The van der Waals surface area contributed by atoms with Crippen molar-refractivity contribution in [2.24, 2.45) is 0 Å². The van der Waals surface area contributed by atoms with E-state index in [1.54, 1.807) is 31.2 Å². The third-order valence-corrected chi connectivity index (χ3v) is 7.50. The van der Waals surface area contributed by atoms with Crippen LogP contribution in [0.1, 0.15) is 29.3 Å². The topological polar surface area (TPSA) is 116 Å². The molecule has 0 spiro atoms. The van der Waals surface area contributed by atoms with Gasteiger partial charge in [-0.3, -0.25) is 18.5 Å². The van der Waals surface area contributed by atoms with E-state index < -0.39 is 34.1 Å². The lowest BCUT2D eigenvalue weighted by Gasteiger charge is -2.18. The van der Waals surface area contributed by atoms with E-state index in [0.29, 0.717) is 40.3 Å². The van der Waals surface area contributed by atoms with Gasteiger partial charge in [0.1, 0.15) is 0 Å². The van der Waals surface area contributed by atoms with E-state index in [1.807, 2.05) is 0 Å². The summed E-state index contributed by atoms with van der Waals surface area (Å²) < 4.78 is 37.2. The Hall–Kier alpha value is -3.11. The van der Waals surface area contributed by atoms with E-state index >= 15 is 0 Å². The molecule has 2 heterocycles. The van der Waals surface area contributed by atoms with Crippen LogP contribution in [0.4, 0.5) is 5.69 Å². The van der Waals surface area contributed by atoms with Gasteiger partial charge >= 0.3 is 11.7 Å². The van der Waals surface area contributed by atoms with Crippen LogP contribution in [-0.4, -0.2) is 43.6 Å². The van der Waals surface area contributed by atoms with Crippen molar-refractivity contribution in [1.29, 1.82) is 0 Å². The molecule has 0 fully saturated rings. The molecule has 0 atom stereocenters. The minimum Gasteiger partial charge on any atom is -0.457 e. The summed E-state index contributed by atoms with van der Waals surface area (Å²) in [6, 6.07) is 9.52. The first-order chi connectivity index (χ1) is 15.7. The number of oxazole rings is 1. The van der Waals surface area contributed by atoms with Crippen molar-refractivity contribution in [2.75, 3.05) is 23.2 Å². The fourth-order valence-electron chi connectivity index (χ4n) is 3.75. The number of benzene rings is 2. The molecule has 4 rings (SSSR count). The molecule has 33 heavy (non-hydrogen) atoms. The number of carbonyl (C=O) groups excluding carboxylic acids is 2. The van der Waals surface area contributed by atoms with E-state index in [-0.39, 0.29) is 18.7 Å². The highest BCUT2D eigenvalue weighted by Gasteiger charge is 2.28. The Morgan fingerprint density at radius 3 is 2.73 bits per heavy atom. The molecule has 0 aliphatic carbocycles. The number of Topliss-reactive ketones (excluding diaryl/α,β-unsaturated/α-hetero) is 1. The van der Waals surface area contributed by atoms with Gasteiger partial charge in [0.25, 0.3) is 0 Å². The van der Waals surface area contributed by atoms with Crippen LogP contribution in [0.3, 0.4) is 0 Å². The molecule has 0 N–H and O–H groups in total. The molecule has 2 aromatic carbocycles. The number of ether oxygens (including phenoxy) is 1. The summed E-state index contributed by atoms with van der Waals surface area (Å²) in [5.74, 6) is -1.66. The molecule has 0 radical (unpaired) electrons. The first kappa shape index (κ1) is 23.1. The maximum absolute atomic E-state index is 12.5. The highest BCUT2D eigenvalue weighted by molar-refractivity contribution is 7.92. The largest absolute Gasteiger partial charge is 0.457 e. The number of rotatable bonds is 8. The summed E-state index contributed by atoms with van der Waals surface area (Å²) in [6.07, 6.45) is 0.382. The molecule has 3 aromatic rings. The number of aromatic nitrogens is 1. The van der Waals surface area contributed by atoms with Crippen LogP contribution in [0.15, 0.2) is 45.6 Å². The van der Waals surface area contributed by atoms with Gasteiger partial charge in [-0.1, -0.05) is 11.6 Å². The minimum atomic E-state index is -3.37. The molecule has 11 heteroatoms. The Morgan fingerprint density at radius 1 is 1.18 bits per heavy atom. The molecule has 174 valence electrons. The third-order valence-electron chi connectivity index (χ3n) is 5.49. The minimum absolute atomic E-state index is 0.00243. The number of nitrogens with zero attached hydrogens (tertiary/aromatic N) is 2. The Labute approximate surface area is 194 Å². The van der Waals surface area contributed by atoms with Gasteiger partial charge in [0.2, 0.25) is 10.0 Å². The number of sulfonamides is 1. The normalized spacial score (nSPS) is 13.3. The molecule has 1 aromatic heterocycles. The van der Waals surface area contributed by atoms with Crippen LogP contribution in [0.25, 0.3) is 11.1 Å². The van der Waals surface area contributed by atoms with Crippen LogP contribution < -0.4 is 10.1 Å². The van der Waals surface area contributed by atoms with E-state index in [4.69, 9.17) is 20.8 Å². The average Bonchev–Trinajstić information content (AvgIpc) is 3.35. The predicted octanol–water partition coefficient (Wildman–Crippen LogP) is 2.78. The SMILES string of the molecule is CCS(=O)(=O)N1CCc2cc(C(=O)COC(=O)CCn3c(=O)oc4cc(Cl)ccc43)ccc21. The lowest BCUT2D eigenvalue weighted by atomic mass is 10.1. The first-order valence-corrected chi connectivity index (χ1v) is 12.3. The maximum Gasteiger partial charge on any atom is 0.419 e. The number of fused-ring (bicyclic) bond motifs is 2. The van der Waals surface area contributed by atoms with Crippen molar-refractivity contribution < 1.29 is 27.2 Å². The molecule has 1 aliphatic rings. The molecule has 9 nitrogen and oxygen atoms in total. The number of halogens is 1. The standard InChI is InChI=1S/C22H21ClN2O7S/c1-2-33(29,30)25-10-7-14-11-15(3-5-17(14)25)19(26)13-31-21(27)8-9-24-18-6-4-16(23)12-20(18)32-22(24)28/h3-6,11-12H,2,7-10,13H2,1H3. The molecule has 0 bridgehead atoms. The predicted molar refractivity (Wildman–Crippen MR) is 122 cm³/mol. The second-order valence-electron chi connectivity index (χ2n) is 7.53. The number of aryl methyl sites for hydroxylation is 1. The number of esters is 1.